The summed E-state index contributed by atoms with van der Waals surface area (Å²) >= 11 is 4.36. The standard InChI is InChI=1S/C7H7NO2.C2H6N2S/c8-6-3-1-2-5(4-6)7(9)10;1-4-2(3)5/h1-4H,8H2,(H,9,10);1H3,(H3,3,4,5). The number of benzene rings is 1. The van der Waals surface area contributed by atoms with Crippen LogP contribution in [0.5, 0.6) is 0 Å². The molecular weight excluding hydrogens is 214 g/mol. The normalized spacial score (nSPS) is 8.33. The van der Waals surface area contributed by atoms with Gasteiger partial charge < -0.3 is 21.9 Å². The van der Waals surface area contributed by atoms with E-state index in [1.807, 2.05) is 0 Å². The predicted molar refractivity (Wildman–Crippen MR) is 63.7 cm³/mol. The molecule has 0 radical (unpaired) electrons. The lowest BCUT2D eigenvalue weighted by Crippen LogP contribution is -2.24. The van der Waals surface area contributed by atoms with E-state index in [0.29, 0.717) is 10.8 Å². The first kappa shape index (κ1) is 13.2. The van der Waals surface area contributed by atoms with Gasteiger partial charge in [-0.1, -0.05) is 6.07 Å². The number of nitrogen functional groups attached to an aromatic ring is 1. The van der Waals surface area contributed by atoms with Gasteiger partial charge in [0.1, 0.15) is 0 Å². The van der Waals surface area contributed by atoms with Crippen molar-refractivity contribution in [3.05, 3.63) is 29.8 Å². The van der Waals surface area contributed by atoms with E-state index in [4.69, 9.17) is 16.6 Å². The maximum atomic E-state index is 10.3. The van der Waals surface area contributed by atoms with Gasteiger partial charge in [0.25, 0.3) is 0 Å². The van der Waals surface area contributed by atoms with Crippen LogP contribution in [0.1, 0.15) is 10.4 Å². The first-order valence-electron chi connectivity index (χ1n) is 4.03. The van der Waals surface area contributed by atoms with Gasteiger partial charge in [-0.05, 0) is 30.4 Å². The van der Waals surface area contributed by atoms with Crippen LogP contribution in [-0.4, -0.2) is 23.2 Å². The molecule has 1 rings (SSSR count). The second kappa shape index (κ2) is 6.61. The van der Waals surface area contributed by atoms with E-state index in [2.05, 4.69) is 17.5 Å². The number of aromatic carboxylic acids is 1. The van der Waals surface area contributed by atoms with E-state index >= 15 is 0 Å². The molecule has 1 aromatic carbocycles. The van der Waals surface area contributed by atoms with Crippen LogP contribution in [0, 0.1) is 0 Å². The van der Waals surface area contributed by atoms with Gasteiger partial charge in [0.05, 0.1) is 5.56 Å². The lowest BCUT2D eigenvalue weighted by Gasteiger charge is -1.93. The van der Waals surface area contributed by atoms with Crippen LogP contribution in [0.3, 0.4) is 0 Å². The minimum absolute atomic E-state index is 0.222. The summed E-state index contributed by atoms with van der Waals surface area (Å²) in [6.07, 6.45) is 0. The number of rotatable bonds is 1. The predicted octanol–water partition coefficient (Wildman–Crippen LogP) is 0.416. The Bertz CT molecular complexity index is 355. The monoisotopic (exact) mass is 227 g/mol. The zero-order chi connectivity index (χ0) is 11.8. The highest BCUT2D eigenvalue weighted by atomic mass is 32.1. The van der Waals surface area contributed by atoms with Crippen LogP contribution >= 0.6 is 12.2 Å². The van der Waals surface area contributed by atoms with Crippen LogP contribution in [0.4, 0.5) is 5.69 Å². The summed E-state index contributed by atoms with van der Waals surface area (Å²) in [4.78, 5) is 10.3. The van der Waals surface area contributed by atoms with Gasteiger partial charge in [-0.25, -0.2) is 4.79 Å². The van der Waals surface area contributed by atoms with Crippen molar-refractivity contribution >= 4 is 29.0 Å². The molecule has 0 aliphatic carbocycles. The molecule has 0 spiro atoms. The Kier molecular flexibility index (Phi) is 5.81. The number of hydrogen-bond acceptors (Lipinski definition) is 3. The molecule has 0 heterocycles. The summed E-state index contributed by atoms with van der Waals surface area (Å²) < 4.78 is 0. The van der Waals surface area contributed by atoms with E-state index in [0.717, 1.165) is 0 Å². The van der Waals surface area contributed by atoms with E-state index in [1.54, 1.807) is 19.2 Å². The molecule has 0 amide bonds. The molecule has 0 aromatic heterocycles. The molecule has 6 heteroatoms. The van der Waals surface area contributed by atoms with Gasteiger partial charge in [0.15, 0.2) is 5.11 Å². The van der Waals surface area contributed by atoms with Gasteiger partial charge in [-0.2, -0.15) is 0 Å². The lowest BCUT2D eigenvalue weighted by atomic mass is 10.2. The molecule has 0 atom stereocenters. The number of nitrogens with two attached hydrogens (primary N) is 2. The first-order chi connectivity index (χ1) is 6.97. The first-order valence-corrected chi connectivity index (χ1v) is 4.44. The average Bonchev–Trinajstić information content (AvgIpc) is 2.18. The van der Waals surface area contributed by atoms with Crippen LogP contribution in [-0.2, 0) is 0 Å². The van der Waals surface area contributed by atoms with Crippen LogP contribution in [0.25, 0.3) is 0 Å². The molecular formula is C9H13N3O2S. The van der Waals surface area contributed by atoms with E-state index in [-0.39, 0.29) is 5.56 Å². The van der Waals surface area contributed by atoms with Crippen molar-refractivity contribution in [1.82, 2.24) is 5.32 Å². The Balaban J connectivity index is 0.000000336. The molecule has 1 aromatic rings. The molecule has 6 N–H and O–H groups in total. The van der Waals surface area contributed by atoms with Crippen LogP contribution in [0.2, 0.25) is 0 Å². The second-order valence-electron chi connectivity index (χ2n) is 2.54. The van der Waals surface area contributed by atoms with Crippen molar-refractivity contribution in [2.75, 3.05) is 12.8 Å². The molecule has 15 heavy (non-hydrogen) atoms. The largest absolute Gasteiger partial charge is 0.478 e. The van der Waals surface area contributed by atoms with Gasteiger partial charge >= 0.3 is 5.97 Å². The summed E-state index contributed by atoms with van der Waals surface area (Å²) in [5, 5.41) is 11.3. The SMILES string of the molecule is CNC(N)=S.Nc1cccc(C(=O)O)c1. The summed E-state index contributed by atoms with van der Waals surface area (Å²) in [6, 6.07) is 6.17. The fourth-order valence-corrected chi connectivity index (χ4v) is 0.672. The summed E-state index contributed by atoms with van der Waals surface area (Å²) in [5.74, 6) is -0.952. The van der Waals surface area contributed by atoms with Crippen molar-refractivity contribution in [2.45, 2.75) is 0 Å². The molecule has 0 fully saturated rings. The number of hydrogen-bond donors (Lipinski definition) is 4. The lowest BCUT2D eigenvalue weighted by molar-refractivity contribution is 0.0697. The molecule has 82 valence electrons. The highest BCUT2D eigenvalue weighted by molar-refractivity contribution is 7.80. The van der Waals surface area contributed by atoms with Gasteiger partial charge in [-0.15, -0.1) is 0 Å². The molecule has 5 nitrogen and oxygen atoms in total. The zero-order valence-corrected chi connectivity index (χ0v) is 9.04. The number of nitrogens with one attached hydrogen (secondary N) is 1. The quantitative estimate of drug-likeness (QED) is 0.409. The Hall–Kier alpha value is -1.82. The van der Waals surface area contributed by atoms with E-state index in [1.165, 1.54) is 12.1 Å². The molecule has 0 aliphatic rings. The highest BCUT2D eigenvalue weighted by Crippen LogP contribution is 2.05. The summed E-state index contributed by atoms with van der Waals surface area (Å²) in [6.45, 7) is 0. The fourth-order valence-electron chi connectivity index (χ4n) is 0.672. The average molecular weight is 227 g/mol. The number of carboxylic acid groups (broad SMARTS) is 1. The third kappa shape index (κ3) is 6.28. The number of carbonyl (C=O) groups is 1. The van der Waals surface area contributed by atoms with Crippen molar-refractivity contribution in [3.8, 4) is 0 Å². The molecule has 0 aliphatic heterocycles. The molecule has 0 saturated heterocycles. The number of thiocarbonyl (C=S) groups is 1. The molecule has 0 saturated carbocycles. The topological polar surface area (TPSA) is 101 Å². The fraction of sp³-hybridized carbons (Fsp3) is 0.111. The Morgan fingerprint density at radius 2 is 2.07 bits per heavy atom. The van der Waals surface area contributed by atoms with E-state index in [9.17, 15) is 4.79 Å². The Morgan fingerprint density at radius 3 is 2.33 bits per heavy atom. The summed E-state index contributed by atoms with van der Waals surface area (Å²) in [7, 11) is 1.68. The second-order valence-corrected chi connectivity index (χ2v) is 2.98. The maximum absolute atomic E-state index is 10.3. The molecule has 0 bridgehead atoms. The number of carboxylic acids is 1. The maximum Gasteiger partial charge on any atom is 0.335 e. The Morgan fingerprint density at radius 1 is 1.53 bits per heavy atom. The van der Waals surface area contributed by atoms with Crippen LogP contribution < -0.4 is 16.8 Å². The van der Waals surface area contributed by atoms with Gasteiger partial charge in [0.2, 0.25) is 0 Å². The number of anilines is 1. The Labute approximate surface area is 93.1 Å². The van der Waals surface area contributed by atoms with Gasteiger partial charge in [-0.3, -0.25) is 0 Å². The van der Waals surface area contributed by atoms with Crippen molar-refractivity contribution < 1.29 is 9.90 Å². The van der Waals surface area contributed by atoms with Crippen molar-refractivity contribution in [3.63, 3.8) is 0 Å². The smallest absolute Gasteiger partial charge is 0.335 e. The third-order valence-electron chi connectivity index (χ3n) is 1.38. The molecule has 0 unspecified atom stereocenters. The minimum atomic E-state index is -0.952. The third-order valence-corrected chi connectivity index (χ3v) is 1.58. The van der Waals surface area contributed by atoms with Crippen molar-refractivity contribution in [2.24, 2.45) is 5.73 Å². The minimum Gasteiger partial charge on any atom is -0.478 e. The van der Waals surface area contributed by atoms with Gasteiger partial charge in [0, 0.05) is 12.7 Å². The van der Waals surface area contributed by atoms with E-state index < -0.39 is 5.97 Å². The van der Waals surface area contributed by atoms with Crippen molar-refractivity contribution in [1.29, 1.82) is 0 Å². The summed E-state index contributed by atoms with van der Waals surface area (Å²) in [5.41, 5.74) is 10.9. The highest BCUT2D eigenvalue weighted by Gasteiger charge is 1.99. The zero-order valence-electron chi connectivity index (χ0n) is 8.23. The van der Waals surface area contributed by atoms with Crippen LogP contribution in [0.15, 0.2) is 24.3 Å².